The van der Waals surface area contributed by atoms with E-state index in [9.17, 15) is 0 Å². The van der Waals surface area contributed by atoms with Crippen LogP contribution in [0.15, 0.2) is 212 Å². The Kier molecular flexibility index (Phi) is 7.24. The number of hydrogen-bond acceptors (Lipinski definition) is 5. The van der Waals surface area contributed by atoms with Crippen molar-refractivity contribution in [2.75, 3.05) is 14.7 Å². The number of benzene rings is 10. The molecule has 5 heterocycles. The highest BCUT2D eigenvalue weighted by atomic mass is 32.1. The van der Waals surface area contributed by atoms with E-state index in [2.05, 4.69) is 227 Å². The van der Waals surface area contributed by atoms with Gasteiger partial charge in [-0.25, -0.2) is 0 Å². The van der Waals surface area contributed by atoms with E-state index in [4.69, 9.17) is 4.74 Å². The zero-order valence-corrected chi connectivity index (χ0v) is 35.8. The molecule has 4 nitrogen and oxygen atoms in total. The van der Waals surface area contributed by atoms with Gasteiger partial charge in [0, 0.05) is 55.7 Å². The summed E-state index contributed by atoms with van der Waals surface area (Å²) < 4.78 is 8.70. The van der Waals surface area contributed by atoms with Crippen LogP contribution in [0.1, 0.15) is 0 Å². The fourth-order valence-electron chi connectivity index (χ4n) is 11.7. The molecule has 4 aliphatic rings. The predicted octanol–water partition coefficient (Wildman–Crippen LogP) is 11.7. The molecule has 300 valence electrons. The van der Waals surface area contributed by atoms with E-state index in [0.29, 0.717) is 0 Å². The summed E-state index contributed by atoms with van der Waals surface area (Å²) in [5.74, 6) is 1.81. The molecule has 0 unspecified atom stereocenters. The summed E-state index contributed by atoms with van der Waals surface area (Å²) in [4.78, 5) is 7.53. The maximum atomic E-state index is 7.42. The normalized spacial score (nSPS) is 13.8. The van der Waals surface area contributed by atoms with E-state index in [-0.39, 0.29) is 13.4 Å². The molecule has 1 aromatic heterocycles. The molecular weight excluding hydrogens is 808 g/mol. The highest BCUT2D eigenvalue weighted by molar-refractivity contribution is 7.26. The molecule has 0 atom stereocenters. The van der Waals surface area contributed by atoms with Crippen molar-refractivity contribution in [1.29, 1.82) is 0 Å². The highest BCUT2D eigenvalue weighted by Crippen LogP contribution is 2.51. The van der Waals surface area contributed by atoms with Gasteiger partial charge in [-0.2, -0.15) is 0 Å². The van der Waals surface area contributed by atoms with E-state index in [1.165, 1.54) is 86.8 Å². The van der Waals surface area contributed by atoms with Crippen LogP contribution in [-0.2, 0) is 0 Å². The van der Waals surface area contributed by atoms with E-state index < -0.39 is 0 Å². The minimum absolute atomic E-state index is 0.0541. The van der Waals surface area contributed by atoms with Crippen molar-refractivity contribution in [2.45, 2.75) is 0 Å². The minimum atomic E-state index is -0.0768. The van der Waals surface area contributed by atoms with Crippen LogP contribution in [-0.4, -0.2) is 13.4 Å². The number of para-hydroxylation sites is 4. The molecule has 0 saturated heterocycles. The monoisotopic (exact) mass is 843 g/mol. The van der Waals surface area contributed by atoms with Gasteiger partial charge in [0.25, 0.3) is 13.4 Å². The summed E-state index contributed by atoms with van der Waals surface area (Å²) in [6, 6.07) is 78.2. The highest BCUT2D eigenvalue weighted by Gasteiger charge is 2.49. The van der Waals surface area contributed by atoms with E-state index in [1.54, 1.807) is 0 Å². The Morgan fingerprint density at radius 2 is 0.923 bits per heavy atom. The molecule has 4 aliphatic heterocycles. The summed E-state index contributed by atoms with van der Waals surface area (Å²) in [7, 11) is 0. The maximum absolute atomic E-state index is 7.42. The molecule has 65 heavy (non-hydrogen) atoms. The van der Waals surface area contributed by atoms with Crippen molar-refractivity contribution in [1.82, 2.24) is 0 Å². The molecule has 0 fully saturated rings. The fourth-order valence-corrected chi connectivity index (χ4v) is 12.9. The topological polar surface area (TPSA) is 19.0 Å². The average Bonchev–Trinajstić information content (AvgIpc) is 3.75. The van der Waals surface area contributed by atoms with Gasteiger partial charge in [0.05, 0.1) is 16.4 Å². The molecule has 0 saturated carbocycles. The smallest absolute Gasteiger partial charge is 0.258 e. The lowest BCUT2D eigenvalue weighted by Crippen LogP contribution is -2.64. The molecule has 0 bridgehead atoms. The molecule has 0 radical (unpaired) electrons. The standard InChI is InChI=1S/C58H35B2N3OS/c1-4-20-38(21-5-1)61-48-35-50-46(34-45(48)59-44-29-15-16-30-47(44)62(39-22-6-2-7-23-39)56-41-26-12-10-18-36(41)32-49(61)54(56)59)60-53-43-28-14-17-31-52(43)65-58(53)63(40-24-8-3-9-25-40)57-42-27-13-11-19-37(42)33-51(64-50)55(57)60/h1-35H. The fraction of sp³-hybridized carbons (Fsp3) is 0. The van der Waals surface area contributed by atoms with Gasteiger partial charge in [-0.3, -0.25) is 0 Å². The van der Waals surface area contributed by atoms with Crippen LogP contribution in [0.3, 0.4) is 0 Å². The number of nitrogens with zero attached hydrogens (tertiary/aromatic N) is 3. The molecule has 11 aromatic rings. The van der Waals surface area contributed by atoms with Crippen LogP contribution in [0.5, 0.6) is 11.5 Å². The summed E-state index contributed by atoms with van der Waals surface area (Å²) in [6.45, 7) is -0.131. The lowest BCUT2D eigenvalue weighted by molar-refractivity contribution is 0.488. The van der Waals surface area contributed by atoms with Gasteiger partial charge < -0.3 is 19.4 Å². The summed E-state index contributed by atoms with van der Waals surface area (Å²) in [6.07, 6.45) is 0. The Labute approximate surface area is 381 Å². The van der Waals surface area contributed by atoms with Gasteiger partial charge in [-0.05, 0) is 110 Å². The summed E-state index contributed by atoms with van der Waals surface area (Å²) >= 11 is 1.89. The predicted molar refractivity (Wildman–Crippen MR) is 277 cm³/mol. The number of thiophene rings is 1. The molecule has 0 aliphatic carbocycles. The van der Waals surface area contributed by atoms with Crippen LogP contribution >= 0.6 is 11.3 Å². The lowest BCUT2D eigenvalue weighted by atomic mass is 9.30. The Morgan fingerprint density at radius 3 is 1.65 bits per heavy atom. The van der Waals surface area contributed by atoms with E-state index >= 15 is 0 Å². The third-order valence-corrected chi connectivity index (χ3v) is 15.4. The van der Waals surface area contributed by atoms with Gasteiger partial charge >= 0.3 is 0 Å². The van der Waals surface area contributed by atoms with Gasteiger partial charge in [-0.15, -0.1) is 11.3 Å². The van der Waals surface area contributed by atoms with E-state index in [1.807, 2.05) is 11.3 Å². The number of hydrogen-bond donors (Lipinski definition) is 0. The van der Waals surface area contributed by atoms with Gasteiger partial charge in [0.15, 0.2) is 0 Å². The largest absolute Gasteiger partial charge is 0.458 e. The van der Waals surface area contributed by atoms with E-state index in [0.717, 1.165) is 39.6 Å². The van der Waals surface area contributed by atoms with Crippen LogP contribution in [0, 0.1) is 0 Å². The molecule has 10 aromatic carbocycles. The number of rotatable bonds is 3. The second-order valence-corrected chi connectivity index (χ2v) is 18.6. The zero-order valence-electron chi connectivity index (χ0n) is 35.0. The number of fused-ring (bicyclic) bond motifs is 14. The summed E-state index contributed by atoms with van der Waals surface area (Å²) in [5, 5.41) is 7.37. The molecule has 0 spiro atoms. The minimum Gasteiger partial charge on any atom is -0.458 e. The molecule has 7 heteroatoms. The Bertz CT molecular complexity index is 3800. The SMILES string of the molecule is c1ccc(N2c3cc4c(cc3B3c5ccccc5N(c5ccccc5)c5c3c2cc2ccccc52)B2c3c(cc5ccccc5c3N(c3ccccc3)c3sc5ccccc5c32)O4)cc1. The van der Waals surface area contributed by atoms with Gasteiger partial charge in [-0.1, -0.05) is 146 Å². The first-order valence-corrected chi connectivity index (χ1v) is 23.2. The third-order valence-electron chi connectivity index (χ3n) is 14.2. The van der Waals surface area contributed by atoms with Crippen molar-refractivity contribution in [3.8, 4) is 11.5 Å². The van der Waals surface area contributed by atoms with Crippen molar-refractivity contribution < 1.29 is 4.74 Å². The first kappa shape index (κ1) is 35.5. The van der Waals surface area contributed by atoms with Crippen molar-refractivity contribution in [3.63, 3.8) is 0 Å². The first-order chi connectivity index (χ1) is 32.3. The number of ether oxygens (including phenoxy) is 1. The van der Waals surface area contributed by atoms with Crippen molar-refractivity contribution >= 4 is 140 Å². The number of anilines is 9. The molecule has 0 N–H and O–H groups in total. The van der Waals surface area contributed by atoms with Crippen molar-refractivity contribution in [2.24, 2.45) is 0 Å². The first-order valence-electron chi connectivity index (χ1n) is 22.4. The Hall–Kier alpha value is -7.99. The molecule has 15 rings (SSSR count). The summed E-state index contributed by atoms with van der Waals surface area (Å²) in [5.41, 5.74) is 17.0. The lowest BCUT2D eigenvalue weighted by Gasteiger charge is -2.45. The zero-order chi connectivity index (χ0) is 42.3. The maximum Gasteiger partial charge on any atom is 0.258 e. The van der Waals surface area contributed by atoms with Crippen LogP contribution in [0.25, 0.3) is 31.6 Å². The average molecular weight is 844 g/mol. The third kappa shape index (κ3) is 4.83. The van der Waals surface area contributed by atoms with Crippen LogP contribution < -0.4 is 52.2 Å². The Balaban J connectivity index is 1.07. The quantitative estimate of drug-likeness (QED) is 0.165. The van der Waals surface area contributed by atoms with Crippen LogP contribution in [0.2, 0.25) is 0 Å². The van der Waals surface area contributed by atoms with Gasteiger partial charge in [0.2, 0.25) is 0 Å². The van der Waals surface area contributed by atoms with Crippen LogP contribution in [0.4, 0.5) is 50.5 Å². The molecule has 0 amide bonds. The second kappa shape index (κ2) is 13.3. The second-order valence-electron chi connectivity index (χ2n) is 17.5. The Morgan fingerprint density at radius 1 is 0.354 bits per heavy atom. The van der Waals surface area contributed by atoms with Crippen molar-refractivity contribution in [3.05, 3.63) is 212 Å². The van der Waals surface area contributed by atoms with Gasteiger partial charge in [0.1, 0.15) is 11.5 Å². The molecular formula is C58H35B2N3OS.